The zero-order valence-corrected chi connectivity index (χ0v) is 13.9. The SMILES string of the molecule is CC(C)Oc1ccc(CCNC(=O)c2ccc(Cl)cc2F)cc1. The molecule has 0 fully saturated rings. The van der Waals surface area contributed by atoms with E-state index >= 15 is 0 Å². The lowest BCUT2D eigenvalue weighted by Crippen LogP contribution is -2.26. The summed E-state index contributed by atoms with van der Waals surface area (Å²) in [6.07, 6.45) is 0.789. The predicted octanol–water partition coefficient (Wildman–Crippen LogP) is 4.24. The fourth-order valence-electron chi connectivity index (χ4n) is 2.10. The molecule has 2 rings (SSSR count). The van der Waals surface area contributed by atoms with E-state index in [0.29, 0.717) is 13.0 Å². The van der Waals surface area contributed by atoms with Gasteiger partial charge >= 0.3 is 0 Å². The quantitative estimate of drug-likeness (QED) is 0.857. The van der Waals surface area contributed by atoms with E-state index in [1.54, 1.807) is 0 Å². The van der Waals surface area contributed by atoms with Gasteiger partial charge in [-0.1, -0.05) is 23.7 Å². The summed E-state index contributed by atoms with van der Waals surface area (Å²) in [6, 6.07) is 11.7. The van der Waals surface area contributed by atoms with Crippen molar-refractivity contribution >= 4 is 17.5 Å². The second-order valence-electron chi connectivity index (χ2n) is 5.44. The van der Waals surface area contributed by atoms with Gasteiger partial charge in [-0.2, -0.15) is 0 Å². The predicted molar refractivity (Wildman–Crippen MR) is 89.7 cm³/mol. The highest BCUT2D eigenvalue weighted by Gasteiger charge is 2.11. The number of halogens is 2. The molecule has 0 radical (unpaired) electrons. The van der Waals surface area contributed by atoms with E-state index in [9.17, 15) is 9.18 Å². The molecule has 0 spiro atoms. The molecule has 0 saturated carbocycles. The topological polar surface area (TPSA) is 38.3 Å². The lowest BCUT2D eigenvalue weighted by Gasteiger charge is -2.10. The van der Waals surface area contributed by atoms with Crippen molar-refractivity contribution in [2.24, 2.45) is 0 Å². The number of nitrogens with one attached hydrogen (secondary N) is 1. The van der Waals surface area contributed by atoms with E-state index in [1.807, 2.05) is 38.1 Å². The first-order valence-corrected chi connectivity index (χ1v) is 7.82. The van der Waals surface area contributed by atoms with E-state index in [2.05, 4.69) is 5.32 Å². The molecular weight excluding hydrogens is 317 g/mol. The molecule has 0 aliphatic carbocycles. The van der Waals surface area contributed by atoms with Gasteiger partial charge < -0.3 is 10.1 Å². The number of ether oxygens (including phenoxy) is 1. The van der Waals surface area contributed by atoms with Crippen molar-refractivity contribution in [1.29, 1.82) is 0 Å². The second-order valence-corrected chi connectivity index (χ2v) is 5.88. The highest BCUT2D eigenvalue weighted by Crippen LogP contribution is 2.15. The van der Waals surface area contributed by atoms with E-state index in [1.165, 1.54) is 12.1 Å². The molecule has 0 aliphatic rings. The Labute approximate surface area is 140 Å². The van der Waals surface area contributed by atoms with Crippen molar-refractivity contribution in [1.82, 2.24) is 5.32 Å². The molecule has 3 nitrogen and oxygen atoms in total. The molecule has 0 heterocycles. The molecular formula is C18H19ClFNO2. The van der Waals surface area contributed by atoms with Crippen molar-refractivity contribution in [3.63, 3.8) is 0 Å². The van der Waals surface area contributed by atoms with Crippen LogP contribution in [0, 0.1) is 5.82 Å². The molecule has 0 saturated heterocycles. The lowest BCUT2D eigenvalue weighted by molar-refractivity contribution is 0.0950. The number of carbonyl (C=O) groups is 1. The molecule has 1 N–H and O–H groups in total. The molecule has 23 heavy (non-hydrogen) atoms. The van der Waals surface area contributed by atoms with Crippen molar-refractivity contribution in [2.75, 3.05) is 6.54 Å². The minimum absolute atomic E-state index is 0.00455. The fraction of sp³-hybridized carbons (Fsp3) is 0.278. The minimum Gasteiger partial charge on any atom is -0.491 e. The van der Waals surface area contributed by atoms with Gasteiger partial charge in [0.15, 0.2) is 0 Å². The third-order valence-corrected chi connectivity index (χ3v) is 3.41. The van der Waals surface area contributed by atoms with Crippen molar-refractivity contribution in [2.45, 2.75) is 26.4 Å². The Hall–Kier alpha value is -2.07. The second kappa shape index (κ2) is 7.97. The third-order valence-electron chi connectivity index (χ3n) is 3.17. The van der Waals surface area contributed by atoms with Gasteiger partial charge in [0.1, 0.15) is 11.6 Å². The summed E-state index contributed by atoms with van der Waals surface area (Å²) in [5, 5.41) is 2.97. The van der Waals surface area contributed by atoms with Crippen LogP contribution < -0.4 is 10.1 Å². The van der Waals surface area contributed by atoms with Gasteiger partial charge in [0.2, 0.25) is 0 Å². The molecule has 2 aromatic rings. The maximum Gasteiger partial charge on any atom is 0.254 e. The third kappa shape index (κ3) is 5.25. The molecule has 0 aliphatic heterocycles. The Morgan fingerprint density at radius 1 is 1.22 bits per heavy atom. The summed E-state index contributed by atoms with van der Waals surface area (Å²) in [5.41, 5.74) is 1.06. The summed E-state index contributed by atoms with van der Waals surface area (Å²) in [6.45, 7) is 4.37. The largest absolute Gasteiger partial charge is 0.491 e. The Kier molecular flexibility index (Phi) is 5.99. The van der Waals surface area contributed by atoms with Crippen LogP contribution in [0.1, 0.15) is 29.8 Å². The lowest BCUT2D eigenvalue weighted by atomic mass is 10.1. The van der Waals surface area contributed by atoms with Crippen molar-refractivity contribution in [3.8, 4) is 5.75 Å². The van der Waals surface area contributed by atoms with Gasteiger partial charge in [0.05, 0.1) is 11.7 Å². The smallest absolute Gasteiger partial charge is 0.254 e. The Balaban J connectivity index is 1.85. The molecule has 0 atom stereocenters. The maximum absolute atomic E-state index is 13.6. The monoisotopic (exact) mass is 335 g/mol. The zero-order valence-electron chi connectivity index (χ0n) is 13.1. The molecule has 0 aromatic heterocycles. The number of rotatable bonds is 6. The number of carbonyl (C=O) groups excluding carboxylic acids is 1. The van der Waals surface area contributed by atoms with Crippen LogP contribution in [0.5, 0.6) is 5.75 Å². The van der Waals surface area contributed by atoms with Crippen molar-refractivity contribution < 1.29 is 13.9 Å². The summed E-state index contributed by atoms with van der Waals surface area (Å²) >= 11 is 5.67. The first-order chi connectivity index (χ1) is 11.0. The van der Waals surface area contributed by atoms with Crippen LogP contribution in [0.4, 0.5) is 4.39 Å². The average Bonchev–Trinajstić information content (AvgIpc) is 2.48. The molecule has 1 amide bonds. The number of hydrogen-bond acceptors (Lipinski definition) is 2. The highest BCUT2D eigenvalue weighted by atomic mass is 35.5. The van der Waals surface area contributed by atoms with Crippen LogP contribution in [-0.2, 0) is 6.42 Å². The van der Waals surface area contributed by atoms with Crippen LogP contribution in [0.25, 0.3) is 0 Å². The van der Waals surface area contributed by atoms with Crippen LogP contribution in [-0.4, -0.2) is 18.6 Å². The van der Waals surface area contributed by atoms with E-state index in [4.69, 9.17) is 16.3 Å². The summed E-state index contributed by atoms with van der Waals surface area (Å²) in [4.78, 5) is 11.9. The summed E-state index contributed by atoms with van der Waals surface area (Å²) in [7, 11) is 0. The van der Waals surface area contributed by atoms with E-state index in [-0.39, 0.29) is 16.7 Å². The van der Waals surface area contributed by atoms with E-state index < -0.39 is 11.7 Å². The molecule has 0 unspecified atom stereocenters. The van der Waals surface area contributed by atoms with Crippen molar-refractivity contribution in [3.05, 3.63) is 64.4 Å². The average molecular weight is 336 g/mol. The summed E-state index contributed by atoms with van der Waals surface area (Å²) < 4.78 is 19.2. The Bertz CT molecular complexity index is 671. The van der Waals surface area contributed by atoms with Gasteiger partial charge in [0.25, 0.3) is 5.91 Å². The first-order valence-electron chi connectivity index (χ1n) is 7.44. The fourth-order valence-corrected chi connectivity index (χ4v) is 2.25. The molecule has 2 aromatic carbocycles. The van der Waals surface area contributed by atoms with Gasteiger partial charge in [0, 0.05) is 11.6 Å². The van der Waals surface area contributed by atoms with Crippen LogP contribution in [0.2, 0.25) is 5.02 Å². The highest BCUT2D eigenvalue weighted by molar-refractivity contribution is 6.30. The summed E-state index contributed by atoms with van der Waals surface area (Å²) in [5.74, 6) is -0.250. The normalized spacial score (nSPS) is 10.7. The van der Waals surface area contributed by atoms with E-state index in [0.717, 1.165) is 17.4 Å². The first kappa shape index (κ1) is 17.3. The van der Waals surface area contributed by atoms with Crippen LogP contribution in [0.3, 0.4) is 0 Å². The number of amides is 1. The minimum atomic E-state index is -0.620. The number of benzene rings is 2. The maximum atomic E-state index is 13.6. The van der Waals surface area contributed by atoms with Gasteiger partial charge in [-0.3, -0.25) is 4.79 Å². The Morgan fingerprint density at radius 3 is 2.52 bits per heavy atom. The molecule has 5 heteroatoms. The molecule has 122 valence electrons. The Morgan fingerprint density at radius 2 is 1.91 bits per heavy atom. The van der Waals surface area contributed by atoms with Gasteiger partial charge in [-0.25, -0.2) is 4.39 Å². The van der Waals surface area contributed by atoms with Gasteiger partial charge in [-0.05, 0) is 56.2 Å². The van der Waals surface area contributed by atoms with Crippen LogP contribution in [0.15, 0.2) is 42.5 Å². The van der Waals surface area contributed by atoms with Crippen LogP contribution >= 0.6 is 11.6 Å². The zero-order chi connectivity index (χ0) is 16.8. The standard InChI is InChI=1S/C18H19ClFNO2/c1-12(2)23-15-6-3-13(4-7-15)9-10-21-18(22)16-8-5-14(19)11-17(16)20/h3-8,11-12H,9-10H2,1-2H3,(H,21,22). The van der Waals surface area contributed by atoms with Gasteiger partial charge in [-0.15, -0.1) is 0 Å². The number of hydrogen-bond donors (Lipinski definition) is 1. The molecule has 0 bridgehead atoms.